The first-order chi connectivity index (χ1) is 32.8. The van der Waals surface area contributed by atoms with E-state index in [0.29, 0.717) is 56.9 Å². The molecule has 1 aromatic heterocycles. The van der Waals surface area contributed by atoms with Crippen molar-refractivity contribution in [2.24, 2.45) is 35.5 Å². The number of allylic oxidation sites excluding steroid dienone is 6. The number of carbonyl (C=O) groups excluding carboxylic acids is 5. The predicted molar refractivity (Wildman–Crippen MR) is 256 cm³/mol. The van der Waals surface area contributed by atoms with Crippen LogP contribution >= 0.6 is 0 Å². The lowest BCUT2D eigenvalue weighted by Crippen LogP contribution is -2.61. The molecule has 0 aromatic carbocycles. The number of amides is 1. The van der Waals surface area contributed by atoms with Crippen molar-refractivity contribution in [2.45, 2.75) is 180 Å². The number of methoxy groups -OCH3 is 3. The van der Waals surface area contributed by atoms with E-state index >= 15 is 0 Å². The number of nitrogens with zero attached hydrogens (tertiary/aromatic N) is 5. The number of aliphatic hydroxyl groups excluding tert-OH is 1. The van der Waals surface area contributed by atoms with E-state index in [1.807, 2.05) is 58.1 Å². The largest absolute Gasteiger partial charge is 0.460 e. The molecule has 0 spiro atoms. The maximum atomic E-state index is 14.5. The molecule has 4 heterocycles. The van der Waals surface area contributed by atoms with Crippen LogP contribution in [0.1, 0.15) is 132 Å². The molecule has 3 aliphatic heterocycles. The number of aromatic nitrogens is 4. The smallest absolute Gasteiger partial charge is 0.329 e. The standard InChI is InChI=1S/C52H79N5O12/c1-31-16-12-11-13-17-32(2)43(65-8)28-39-21-19-37(7)52(64,69-39)49(61)50(62)56-23-15-14-18-41(56)51(63)68-44(34(4)26-38-20-22-40(45(27-38)66-9)57-54-30-53-55-57)29-42(58)33(3)25-36(6)47(60)48(67-10)46(59)35(5)24-31/h11-13,16-17,25,30-31,33-35,37-41,43-45,47-48,60,64H,14-15,18-24,26-29H2,1-10H3/b13-11+,16-12+,32-17+,36-25+/t31-,33-,34-,35+,37?,38+,39+,40+,41+,43+,44+,45-,47-,48+,52?/m1/s1. The molecule has 0 radical (unpaired) electrons. The highest BCUT2D eigenvalue weighted by molar-refractivity contribution is 6.39. The van der Waals surface area contributed by atoms with Gasteiger partial charge in [-0.25, -0.2) is 4.79 Å². The highest BCUT2D eigenvalue weighted by Crippen LogP contribution is 2.39. The minimum atomic E-state index is -2.43. The Morgan fingerprint density at radius 2 is 1.64 bits per heavy atom. The lowest BCUT2D eigenvalue weighted by Gasteiger charge is -2.42. The minimum absolute atomic E-state index is 0.0168. The van der Waals surface area contributed by atoms with Crippen molar-refractivity contribution in [3.8, 4) is 0 Å². The SMILES string of the molecule is CO[C@H]1C[C@@H]2CCC(C)C(O)(O2)C(=O)C(=O)N2CCCC[C@H]2C(=O)O[C@H]([C@H](C)C[C@@H]2CC[C@H](n3ncnn3)[C@H](OC)C2)CC(=O)[C@H](C)/C=C(\C)[C@@H](O)[C@@H](OC)C(=O)[C@@H](C)C[C@H](C)/C=C/C=C/C=C/1C. The highest BCUT2D eigenvalue weighted by Gasteiger charge is 2.53. The average Bonchev–Trinajstić information content (AvgIpc) is 3.88. The summed E-state index contributed by atoms with van der Waals surface area (Å²) in [6.07, 6.45) is 13.7. The molecule has 2 bridgehead atoms. The normalized spacial score (nSPS) is 38.8. The molecule has 17 heteroatoms. The number of ketones is 3. The molecule has 69 heavy (non-hydrogen) atoms. The van der Waals surface area contributed by atoms with Crippen LogP contribution in [0.5, 0.6) is 0 Å². The number of esters is 1. The molecule has 2 unspecified atom stereocenters. The Hall–Kier alpha value is -4.26. The van der Waals surface area contributed by atoms with Gasteiger partial charge in [-0.15, -0.1) is 10.2 Å². The lowest BCUT2D eigenvalue weighted by molar-refractivity contribution is -0.265. The number of rotatable bonds is 7. The van der Waals surface area contributed by atoms with Crippen LogP contribution in [0.15, 0.2) is 53.9 Å². The van der Waals surface area contributed by atoms with Crippen molar-refractivity contribution in [3.63, 3.8) is 0 Å². The summed E-state index contributed by atoms with van der Waals surface area (Å²) in [5.41, 5.74) is 1.27. The van der Waals surface area contributed by atoms with E-state index in [0.717, 1.165) is 18.4 Å². The van der Waals surface area contributed by atoms with Gasteiger partial charge in [0, 0.05) is 58.5 Å². The van der Waals surface area contributed by atoms with Crippen LogP contribution in [0, 0.1) is 35.5 Å². The van der Waals surface area contributed by atoms with Crippen molar-refractivity contribution in [1.82, 2.24) is 25.1 Å². The van der Waals surface area contributed by atoms with Crippen LogP contribution < -0.4 is 0 Å². The van der Waals surface area contributed by atoms with Gasteiger partial charge in [0.1, 0.15) is 30.1 Å². The third-order valence-electron chi connectivity index (χ3n) is 15.1. The van der Waals surface area contributed by atoms with E-state index in [2.05, 4.69) is 15.4 Å². The second-order valence-electron chi connectivity index (χ2n) is 20.3. The van der Waals surface area contributed by atoms with Gasteiger partial charge in [0.15, 0.2) is 12.1 Å². The first-order valence-corrected chi connectivity index (χ1v) is 25.0. The molecule has 4 aliphatic rings. The molecule has 1 aromatic rings. The molecule has 17 nitrogen and oxygen atoms in total. The first-order valence-electron chi connectivity index (χ1n) is 25.0. The molecule has 15 atom stereocenters. The zero-order valence-corrected chi connectivity index (χ0v) is 42.5. The van der Waals surface area contributed by atoms with Crippen LogP contribution in [0.2, 0.25) is 0 Å². The molecule has 2 saturated heterocycles. The van der Waals surface area contributed by atoms with Crippen LogP contribution in [-0.4, -0.2) is 141 Å². The molecule has 1 saturated carbocycles. The Bertz CT molecular complexity index is 2020. The number of cyclic esters (lactones) is 1. The van der Waals surface area contributed by atoms with Gasteiger partial charge in [-0.2, -0.15) is 4.80 Å². The third kappa shape index (κ3) is 14.2. The second-order valence-corrected chi connectivity index (χ2v) is 20.3. The van der Waals surface area contributed by atoms with Gasteiger partial charge >= 0.3 is 5.97 Å². The molecule has 2 N–H and O–H groups in total. The van der Waals surface area contributed by atoms with Gasteiger partial charge in [-0.05, 0) is 112 Å². The molecular formula is C52H79N5O12. The minimum Gasteiger partial charge on any atom is -0.460 e. The number of hydrogen-bond donors (Lipinski definition) is 2. The summed E-state index contributed by atoms with van der Waals surface area (Å²) in [5.74, 6) is -7.94. The molecule has 5 rings (SSSR count). The molecular weight excluding hydrogens is 887 g/mol. The van der Waals surface area contributed by atoms with Gasteiger partial charge in [0.25, 0.3) is 11.7 Å². The Morgan fingerprint density at radius 1 is 0.884 bits per heavy atom. The number of fused-ring (bicyclic) bond motifs is 3. The Kier molecular flexibility index (Phi) is 20.8. The summed E-state index contributed by atoms with van der Waals surface area (Å²) < 4.78 is 29.9. The van der Waals surface area contributed by atoms with Gasteiger partial charge < -0.3 is 38.8 Å². The highest BCUT2D eigenvalue weighted by atomic mass is 16.6. The summed E-state index contributed by atoms with van der Waals surface area (Å²) in [6.45, 7) is 12.8. The predicted octanol–water partition coefficient (Wildman–Crippen LogP) is 6.05. The summed E-state index contributed by atoms with van der Waals surface area (Å²) in [4.78, 5) is 73.9. The van der Waals surface area contributed by atoms with Crippen molar-refractivity contribution >= 4 is 29.2 Å². The van der Waals surface area contributed by atoms with Crippen LogP contribution in [0.25, 0.3) is 0 Å². The van der Waals surface area contributed by atoms with Crippen LogP contribution in [-0.2, 0) is 47.7 Å². The van der Waals surface area contributed by atoms with Crippen LogP contribution in [0.3, 0.4) is 0 Å². The fourth-order valence-corrected chi connectivity index (χ4v) is 10.7. The number of carbonyl (C=O) groups is 5. The number of hydrogen-bond acceptors (Lipinski definition) is 15. The van der Waals surface area contributed by atoms with Crippen molar-refractivity contribution < 1.29 is 57.9 Å². The van der Waals surface area contributed by atoms with E-state index in [1.54, 1.807) is 45.9 Å². The van der Waals surface area contributed by atoms with Crippen molar-refractivity contribution in [2.75, 3.05) is 27.9 Å². The number of Topliss-reactive ketones (excluding diaryl/α,β-unsaturated/α-hetero) is 3. The average molecular weight is 966 g/mol. The maximum Gasteiger partial charge on any atom is 0.329 e. The van der Waals surface area contributed by atoms with Gasteiger partial charge in [-0.3, -0.25) is 19.2 Å². The summed E-state index contributed by atoms with van der Waals surface area (Å²) in [5, 5.41) is 35.7. The molecule has 384 valence electrons. The summed E-state index contributed by atoms with van der Waals surface area (Å²) in [6, 6.07) is -1.24. The van der Waals surface area contributed by atoms with E-state index in [-0.39, 0.29) is 60.9 Å². The zero-order valence-electron chi connectivity index (χ0n) is 42.5. The maximum absolute atomic E-state index is 14.5. The van der Waals surface area contributed by atoms with E-state index < -0.39 is 77.8 Å². The number of piperidine rings is 1. The summed E-state index contributed by atoms with van der Waals surface area (Å²) in [7, 11) is 4.61. The van der Waals surface area contributed by atoms with Gasteiger partial charge in [0.2, 0.25) is 5.79 Å². The third-order valence-corrected chi connectivity index (χ3v) is 15.1. The quantitative estimate of drug-likeness (QED) is 0.181. The van der Waals surface area contributed by atoms with Gasteiger partial charge in [0.05, 0.1) is 24.4 Å². The fraction of sp³-hybridized carbons (Fsp3) is 0.731. The lowest BCUT2D eigenvalue weighted by atomic mass is 9.77. The molecule has 3 fully saturated rings. The number of ether oxygens (including phenoxy) is 5. The van der Waals surface area contributed by atoms with E-state index in [4.69, 9.17) is 23.7 Å². The summed E-state index contributed by atoms with van der Waals surface area (Å²) >= 11 is 0. The Balaban J connectivity index is 1.46. The Labute approximate surface area is 408 Å². The monoisotopic (exact) mass is 966 g/mol. The second kappa shape index (κ2) is 25.7. The molecule has 1 amide bonds. The van der Waals surface area contributed by atoms with E-state index in [1.165, 1.54) is 18.3 Å². The van der Waals surface area contributed by atoms with Crippen molar-refractivity contribution in [1.29, 1.82) is 0 Å². The molecule has 1 aliphatic carbocycles. The van der Waals surface area contributed by atoms with Crippen LogP contribution in [0.4, 0.5) is 0 Å². The zero-order chi connectivity index (χ0) is 50.6. The fourth-order valence-electron chi connectivity index (χ4n) is 10.7. The number of aliphatic hydroxyl groups is 2. The van der Waals surface area contributed by atoms with Crippen molar-refractivity contribution in [3.05, 3.63) is 53.9 Å². The van der Waals surface area contributed by atoms with E-state index in [9.17, 15) is 34.2 Å². The number of tetrazole rings is 1. The first kappa shape index (κ1) is 55.7. The van der Waals surface area contributed by atoms with Gasteiger partial charge in [-0.1, -0.05) is 71.1 Å². The Morgan fingerprint density at radius 3 is 2.32 bits per heavy atom. The topological polar surface area (TPSA) is 219 Å².